The molecule has 0 radical (unpaired) electrons. The van der Waals surface area contributed by atoms with Crippen LogP contribution in [0.15, 0.2) is 53.5 Å². The number of rotatable bonds is 4. The number of carbonyl (C=O) groups is 1. The van der Waals surface area contributed by atoms with Gasteiger partial charge in [0.25, 0.3) is 0 Å². The van der Waals surface area contributed by atoms with Gasteiger partial charge in [0.05, 0.1) is 30.3 Å². The highest BCUT2D eigenvalue weighted by molar-refractivity contribution is 7.73. The number of nitrogens with zero attached hydrogens (tertiary/aromatic N) is 2. The Labute approximate surface area is 159 Å². The molecule has 0 unspecified atom stereocenters. The highest BCUT2D eigenvalue weighted by atomic mass is 32.1. The molecule has 2 aromatic carbocycles. The molecule has 0 fully saturated rings. The van der Waals surface area contributed by atoms with Crippen molar-refractivity contribution in [2.75, 3.05) is 7.11 Å². The topological polar surface area (TPSA) is 63.8 Å². The van der Waals surface area contributed by atoms with Crippen molar-refractivity contribution < 1.29 is 14.6 Å². The van der Waals surface area contributed by atoms with Crippen LogP contribution in [-0.2, 0) is 4.74 Å². The number of methoxy groups -OCH3 is 1. The molecule has 0 aliphatic heterocycles. The molecule has 0 aliphatic carbocycles. The maximum absolute atomic E-state index is 11.8. The number of para-hydroxylation sites is 1. The Bertz CT molecular complexity index is 1030. The average molecular weight is 384 g/mol. The Balaban J connectivity index is 1.99. The quantitative estimate of drug-likeness (QED) is 0.398. The smallest absolute Gasteiger partial charge is 0.340 e. The largest absolute Gasteiger partial charge is 0.493 e. The number of hydrogen-bond donors (Lipinski definition) is 1. The predicted octanol–water partition coefficient (Wildman–Crippen LogP) is 4.82. The fraction of sp³-hybridized carbons (Fsp3) is 0.105. The van der Waals surface area contributed by atoms with Crippen LogP contribution in [0.25, 0.3) is 5.69 Å². The van der Waals surface area contributed by atoms with E-state index in [0.717, 1.165) is 11.3 Å². The van der Waals surface area contributed by atoms with Crippen molar-refractivity contribution in [3.63, 3.8) is 0 Å². The average Bonchev–Trinajstić information content (AvgIpc) is 2.94. The summed E-state index contributed by atoms with van der Waals surface area (Å²) in [7, 11) is 1.32. The van der Waals surface area contributed by atoms with Gasteiger partial charge in [-0.1, -0.05) is 41.2 Å². The van der Waals surface area contributed by atoms with Crippen LogP contribution in [0.3, 0.4) is 0 Å². The zero-order chi connectivity index (χ0) is 18.7. The normalized spacial score (nSPS) is 11.0. The summed E-state index contributed by atoms with van der Waals surface area (Å²) in [6, 6.07) is 14.5. The third-order valence-electron chi connectivity index (χ3n) is 3.73. The maximum atomic E-state index is 11.8. The molecule has 1 heterocycles. The number of esters is 1. The van der Waals surface area contributed by atoms with Gasteiger partial charge in [0.2, 0.25) is 5.88 Å². The fourth-order valence-corrected chi connectivity index (χ4v) is 3.61. The molecule has 3 aromatic rings. The SMILES string of the molecule is COC(=O)c1ccccc1N=Cc1sc(=S)n(-c2ccc(C)cc2)c1O. The van der Waals surface area contributed by atoms with Crippen LogP contribution in [0, 0.1) is 10.9 Å². The van der Waals surface area contributed by atoms with Crippen LogP contribution in [0.1, 0.15) is 20.8 Å². The number of aromatic hydroxyl groups is 1. The Morgan fingerprint density at radius 1 is 1.23 bits per heavy atom. The number of carbonyl (C=O) groups excluding carboxylic acids is 1. The number of thiazole rings is 1. The minimum Gasteiger partial charge on any atom is -0.493 e. The van der Waals surface area contributed by atoms with Crippen molar-refractivity contribution in [1.29, 1.82) is 0 Å². The van der Waals surface area contributed by atoms with Crippen molar-refractivity contribution in [3.05, 3.63) is 68.5 Å². The molecule has 0 saturated carbocycles. The summed E-state index contributed by atoms with van der Waals surface area (Å²) in [6.07, 6.45) is 1.50. The fourth-order valence-electron chi connectivity index (χ4n) is 2.38. The Morgan fingerprint density at radius 2 is 1.92 bits per heavy atom. The van der Waals surface area contributed by atoms with Gasteiger partial charge in [0.15, 0.2) is 3.95 Å². The number of hydrogen-bond acceptors (Lipinski definition) is 6. The lowest BCUT2D eigenvalue weighted by Gasteiger charge is -2.05. The number of ether oxygens (including phenoxy) is 1. The van der Waals surface area contributed by atoms with E-state index in [1.54, 1.807) is 28.8 Å². The molecule has 0 saturated heterocycles. The van der Waals surface area contributed by atoms with Crippen LogP contribution in [0.2, 0.25) is 0 Å². The molecule has 132 valence electrons. The summed E-state index contributed by atoms with van der Waals surface area (Å²) in [5, 5.41) is 10.6. The zero-order valence-electron chi connectivity index (χ0n) is 14.2. The molecule has 7 heteroatoms. The second kappa shape index (κ2) is 7.63. The number of aromatic nitrogens is 1. The van der Waals surface area contributed by atoms with E-state index >= 15 is 0 Å². The van der Waals surface area contributed by atoms with E-state index in [2.05, 4.69) is 4.99 Å². The third kappa shape index (κ3) is 3.58. The molecule has 26 heavy (non-hydrogen) atoms. The van der Waals surface area contributed by atoms with Gasteiger partial charge in [0.1, 0.15) is 4.88 Å². The lowest BCUT2D eigenvalue weighted by atomic mass is 10.2. The summed E-state index contributed by atoms with van der Waals surface area (Å²) in [4.78, 5) is 16.7. The van der Waals surface area contributed by atoms with Gasteiger partial charge in [-0.15, -0.1) is 0 Å². The summed E-state index contributed by atoms with van der Waals surface area (Å²) in [6.45, 7) is 1.99. The van der Waals surface area contributed by atoms with E-state index < -0.39 is 5.97 Å². The van der Waals surface area contributed by atoms with Gasteiger partial charge in [-0.25, -0.2) is 4.79 Å². The minimum absolute atomic E-state index is 0.0168. The van der Waals surface area contributed by atoms with Crippen LogP contribution in [-0.4, -0.2) is 29.0 Å². The van der Waals surface area contributed by atoms with E-state index in [4.69, 9.17) is 17.0 Å². The van der Waals surface area contributed by atoms with Gasteiger partial charge < -0.3 is 9.84 Å². The molecule has 0 bridgehead atoms. The molecule has 1 N–H and O–H groups in total. The number of aryl methyl sites for hydroxylation is 1. The van der Waals surface area contributed by atoms with Gasteiger partial charge in [-0.3, -0.25) is 9.56 Å². The first kappa shape index (κ1) is 18.0. The molecule has 5 nitrogen and oxygen atoms in total. The van der Waals surface area contributed by atoms with Crippen LogP contribution >= 0.6 is 23.6 Å². The van der Waals surface area contributed by atoms with Gasteiger partial charge in [-0.2, -0.15) is 0 Å². The maximum Gasteiger partial charge on any atom is 0.340 e. The summed E-state index contributed by atoms with van der Waals surface area (Å²) >= 11 is 6.62. The van der Waals surface area contributed by atoms with Crippen molar-refractivity contribution in [3.8, 4) is 11.6 Å². The van der Waals surface area contributed by atoms with Crippen molar-refractivity contribution in [2.24, 2.45) is 4.99 Å². The van der Waals surface area contributed by atoms with Crippen molar-refractivity contribution in [2.45, 2.75) is 6.92 Å². The summed E-state index contributed by atoms with van der Waals surface area (Å²) < 4.78 is 6.86. The van der Waals surface area contributed by atoms with E-state index in [1.165, 1.54) is 24.7 Å². The second-order valence-corrected chi connectivity index (χ2v) is 7.17. The summed E-state index contributed by atoms with van der Waals surface area (Å²) in [5.74, 6) is -0.449. The van der Waals surface area contributed by atoms with Crippen molar-refractivity contribution >= 4 is 41.4 Å². The third-order valence-corrected chi connectivity index (χ3v) is 5.03. The van der Waals surface area contributed by atoms with E-state index in [-0.39, 0.29) is 5.88 Å². The number of benzene rings is 2. The van der Waals surface area contributed by atoms with E-state index in [0.29, 0.717) is 20.1 Å². The molecule has 0 spiro atoms. The van der Waals surface area contributed by atoms with Crippen LogP contribution in [0.5, 0.6) is 5.88 Å². The van der Waals surface area contributed by atoms with Gasteiger partial charge >= 0.3 is 5.97 Å². The Hall–Kier alpha value is -2.77. The van der Waals surface area contributed by atoms with Crippen molar-refractivity contribution in [1.82, 2.24) is 4.57 Å². The van der Waals surface area contributed by atoms with Crippen LogP contribution < -0.4 is 0 Å². The first-order chi connectivity index (χ1) is 12.5. The standard InChI is InChI=1S/C19H16N2O3S2/c1-12-7-9-13(10-8-12)21-17(22)16(26-19(21)25)11-20-15-6-4-3-5-14(15)18(23)24-2/h3-11,22H,1-2H3. The lowest BCUT2D eigenvalue weighted by molar-refractivity contribution is 0.0601. The van der Waals surface area contributed by atoms with E-state index in [9.17, 15) is 9.90 Å². The zero-order valence-corrected chi connectivity index (χ0v) is 15.8. The van der Waals surface area contributed by atoms with Gasteiger partial charge in [0, 0.05) is 0 Å². The molecule has 3 rings (SSSR count). The highest BCUT2D eigenvalue weighted by Crippen LogP contribution is 2.29. The van der Waals surface area contributed by atoms with E-state index in [1.807, 2.05) is 31.2 Å². The lowest BCUT2D eigenvalue weighted by Crippen LogP contribution is -2.01. The molecule has 0 amide bonds. The second-order valence-electron chi connectivity index (χ2n) is 5.49. The molecule has 0 atom stereocenters. The minimum atomic E-state index is -0.466. The molecule has 1 aromatic heterocycles. The van der Waals surface area contributed by atoms with Crippen LogP contribution in [0.4, 0.5) is 5.69 Å². The Kier molecular flexibility index (Phi) is 5.29. The first-order valence-corrected chi connectivity index (χ1v) is 8.97. The predicted molar refractivity (Wildman–Crippen MR) is 106 cm³/mol. The monoisotopic (exact) mass is 384 g/mol. The summed E-state index contributed by atoms with van der Waals surface area (Å²) in [5.41, 5.74) is 2.72. The number of aliphatic imine (C=N–C) groups is 1. The first-order valence-electron chi connectivity index (χ1n) is 7.74. The van der Waals surface area contributed by atoms with Gasteiger partial charge in [-0.05, 0) is 43.4 Å². The molecular formula is C19H16N2O3S2. The Morgan fingerprint density at radius 3 is 2.62 bits per heavy atom. The highest BCUT2D eigenvalue weighted by Gasteiger charge is 2.13. The molecular weight excluding hydrogens is 368 g/mol. The molecule has 0 aliphatic rings.